The maximum Gasteiger partial charge on any atom is 0.338 e. The molecule has 0 bridgehead atoms. The zero-order valence-electron chi connectivity index (χ0n) is 13.7. The maximum absolute atomic E-state index is 11.8. The van der Waals surface area contributed by atoms with Crippen LogP contribution in [-0.2, 0) is 9.53 Å². The van der Waals surface area contributed by atoms with Gasteiger partial charge in [-0.1, -0.05) is 0 Å². The molecule has 0 heterocycles. The van der Waals surface area contributed by atoms with Crippen molar-refractivity contribution in [3.8, 4) is 0 Å². The van der Waals surface area contributed by atoms with Crippen molar-refractivity contribution in [2.24, 2.45) is 0 Å². The molecule has 0 radical (unpaired) electrons. The highest BCUT2D eigenvalue weighted by molar-refractivity contribution is 5.97. The first-order chi connectivity index (χ1) is 12.4. The van der Waals surface area contributed by atoms with Gasteiger partial charge >= 0.3 is 5.97 Å². The molecule has 0 aliphatic heterocycles. The van der Waals surface area contributed by atoms with Gasteiger partial charge in [0.15, 0.2) is 6.61 Å². The number of carbonyl (C=O) groups is 3. The Hall–Kier alpha value is -3.75. The number of rotatable bonds is 6. The lowest BCUT2D eigenvalue weighted by molar-refractivity contribution is -0.384. The zero-order chi connectivity index (χ0) is 19.1. The lowest BCUT2D eigenvalue weighted by atomic mass is 10.2. The van der Waals surface area contributed by atoms with Crippen LogP contribution >= 0.6 is 0 Å². The minimum Gasteiger partial charge on any atom is -0.452 e. The Morgan fingerprint density at radius 1 is 1.00 bits per heavy atom. The summed E-state index contributed by atoms with van der Waals surface area (Å²) in [6.07, 6.45) is 0. The van der Waals surface area contributed by atoms with Crippen molar-refractivity contribution in [1.29, 1.82) is 0 Å². The third-order valence-electron chi connectivity index (χ3n) is 3.31. The fraction of sp³-hybridized carbons (Fsp3) is 0.118. The van der Waals surface area contributed by atoms with E-state index in [1.807, 2.05) is 0 Å². The topological polar surface area (TPSA) is 128 Å². The van der Waals surface area contributed by atoms with Gasteiger partial charge in [0.2, 0.25) is 0 Å². The van der Waals surface area contributed by atoms with E-state index in [0.717, 1.165) is 0 Å². The van der Waals surface area contributed by atoms with E-state index in [1.54, 1.807) is 12.1 Å². The summed E-state index contributed by atoms with van der Waals surface area (Å²) in [5, 5.41) is 15.6. The third-order valence-corrected chi connectivity index (χ3v) is 3.31. The van der Waals surface area contributed by atoms with Gasteiger partial charge in [-0.2, -0.15) is 0 Å². The molecule has 0 aromatic heterocycles. The molecule has 0 aliphatic rings. The van der Waals surface area contributed by atoms with Gasteiger partial charge in [-0.25, -0.2) is 4.79 Å². The Balaban J connectivity index is 1.87. The van der Waals surface area contributed by atoms with Crippen LogP contribution < -0.4 is 10.6 Å². The molecular formula is C17H15N3O6. The van der Waals surface area contributed by atoms with Crippen molar-refractivity contribution in [2.45, 2.75) is 0 Å². The molecule has 0 saturated carbocycles. The van der Waals surface area contributed by atoms with Crippen LogP contribution in [0.3, 0.4) is 0 Å². The van der Waals surface area contributed by atoms with Crippen LogP contribution in [-0.4, -0.2) is 36.4 Å². The van der Waals surface area contributed by atoms with Gasteiger partial charge in [-0.15, -0.1) is 0 Å². The van der Waals surface area contributed by atoms with Gasteiger partial charge in [0, 0.05) is 30.4 Å². The summed E-state index contributed by atoms with van der Waals surface area (Å²) in [5.41, 5.74) is 0.821. The Kier molecular flexibility index (Phi) is 5.99. The third kappa shape index (κ3) is 4.87. The number of benzene rings is 2. The summed E-state index contributed by atoms with van der Waals surface area (Å²) in [6, 6.07) is 11.0. The van der Waals surface area contributed by atoms with Crippen molar-refractivity contribution in [2.75, 3.05) is 19.0 Å². The van der Waals surface area contributed by atoms with Crippen molar-refractivity contribution in [1.82, 2.24) is 5.32 Å². The largest absolute Gasteiger partial charge is 0.452 e. The summed E-state index contributed by atoms with van der Waals surface area (Å²) in [7, 11) is 1.51. The van der Waals surface area contributed by atoms with Crippen molar-refractivity contribution in [3.63, 3.8) is 0 Å². The second kappa shape index (κ2) is 8.38. The van der Waals surface area contributed by atoms with E-state index < -0.39 is 23.4 Å². The summed E-state index contributed by atoms with van der Waals surface area (Å²) >= 11 is 0. The van der Waals surface area contributed by atoms with E-state index in [4.69, 9.17) is 4.74 Å². The molecule has 9 heteroatoms. The lowest BCUT2D eigenvalue weighted by Crippen LogP contribution is -2.21. The van der Waals surface area contributed by atoms with Gasteiger partial charge in [-0.05, 0) is 36.4 Å². The van der Waals surface area contributed by atoms with Crippen molar-refractivity contribution >= 4 is 29.2 Å². The molecule has 2 amide bonds. The smallest absolute Gasteiger partial charge is 0.338 e. The Bertz CT molecular complexity index is 831. The number of nitro groups is 1. The van der Waals surface area contributed by atoms with Crippen LogP contribution in [0.15, 0.2) is 48.5 Å². The summed E-state index contributed by atoms with van der Waals surface area (Å²) < 4.78 is 4.86. The quantitative estimate of drug-likeness (QED) is 0.460. The molecule has 2 rings (SSSR count). The highest BCUT2D eigenvalue weighted by Crippen LogP contribution is 2.13. The molecule has 26 heavy (non-hydrogen) atoms. The molecule has 0 spiro atoms. The maximum atomic E-state index is 11.8. The van der Waals surface area contributed by atoms with Gasteiger partial charge in [0.25, 0.3) is 17.5 Å². The second-order valence-electron chi connectivity index (χ2n) is 5.08. The molecule has 2 aromatic rings. The number of ether oxygens (including phenoxy) is 1. The number of anilines is 1. The van der Waals surface area contributed by atoms with Crippen LogP contribution in [0.25, 0.3) is 0 Å². The summed E-state index contributed by atoms with van der Waals surface area (Å²) in [4.78, 5) is 45.0. The molecule has 2 aromatic carbocycles. The molecule has 0 atom stereocenters. The average molecular weight is 357 g/mol. The summed E-state index contributed by atoms with van der Waals surface area (Å²) in [6.45, 7) is -0.521. The van der Waals surface area contributed by atoms with E-state index in [1.165, 1.54) is 43.4 Å². The molecule has 0 saturated heterocycles. The van der Waals surface area contributed by atoms with E-state index in [0.29, 0.717) is 11.3 Å². The number of nitro benzene ring substituents is 1. The number of non-ortho nitro benzene ring substituents is 1. The molecule has 134 valence electrons. The highest BCUT2D eigenvalue weighted by Gasteiger charge is 2.13. The molecule has 0 fully saturated rings. The minimum atomic E-state index is -0.773. The first kappa shape index (κ1) is 18.6. The monoisotopic (exact) mass is 357 g/mol. The molecule has 9 nitrogen and oxygen atoms in total. The van der Waals surface area contributed by atoms with Crippen LogP contribution in [0.1, 0.15) is 20.7 Å². The van der Waals surface area contributed by atoms with Gasteiger partial charge in [0.1, 0.15) is 0 Å². The Morgan fingerprint density at radius 2 is 1.58 bits per heavy atom. The normalized spacial score (nSPS) is 9.88. The molecule has 0 unspecified atom stereocenters. The van der Waals surface area contributed by atoms with Crippen molar-refractivity contribution < 1.29 is 24.0 Å². The fourth-order valence-corrected chi connectivity index (χ4v) is 1.98. The SMILES string of the molecule is CNC(=O)c1ccc(NC(=O)COC(=O)c2ccc([N+](=O)[O-])cc2)cc1. The van der Waals surface area contributed by atoms with E-state index >= 15 is 0 Å². The van der Waals surface area contributed by atoms with Crippen molar-refractivity contribution in [3.05, 3.63) is 69.8 Å². The number of hydrogen-bond donors (Lipinski definition) is 2. The van der Waals surface area contributed by atoms with Gasteiger partial charge < -0.3 is 15.4 Å². The predicted molar refractivity (Wildman–Crippen MR) is 91.8 cm³/mol. The molecule has 0 aliphatic carbocycles. The van der Waals surface area contributed by atoms with Crippen LogP contribution in [0.5, 0.6) is 0 Å². The van der Waals surface area contributed by atoms with E-state index in [-0.39, 0.29) is 17.2 Å². The Morgan fingerprint density at radius 3 is 2.12 bits per heavy atom. The number of nitrogens with one attached hydrogen (secondary N) is 2. The van der Waals surface area contributed by atoms with E-state index in [9.17, 15) is 24.5 Å². The lowest BCUT2D eigenvalue weighted by Gasteiger charge is -2.07. The molecular weight excluding hydrogens is 342 g/mol. The van der Waals surface area contributed by atoms with Crippen LogP contribution in [0, 0.1) is 10.1 Å². The predicted octanol–water partition coefficient (Wildman–Crippen LogP) is 1.75. The minimum absolute atomic E-state index is 0.0957. The Labute approximate surface area is 148 Å². The average Bonchev–Trinajstić information content (AvgIpc) is 2.66. The number of carbonyl (C=O) groups excluding carboxylic acids is 3. The number of hydrogen-bond acceptors (Lipinski definition) is 6. The number of amides is 2. The first-order valence-electron chi connectivity index (χ1n) is 7.44. The highest BCUT2D eigenvalue weighted by atomic mass is 16.6. The standard InChI is InChI=1S/C17H15N3O6/c1-18-16(22)11-2-6-13(7-3-11)19-15(21)10-26-17(23)12-4-8-14(9-5-12)20(24)25/h2-9H,10H2,1H3,(H,18,22)(H,19,21). The number of esters is 1. The summed E-state index contributed by atoms with van der Waals surface area (Å²) in [5.74, 6) is -1.59. The number of nitrogens with zero attached hydrogens (tertiary/aromatic N) is 1. The first-order valence-corrected chi connectivity index (χ1v) is 7.44. The van der Waals surface area contributed by atoms with Crippen LogP contribution in [0.4, 0.5) is 11.4 Å². The second-order valence-corrected chi connectivity index (χ2v) is 5.08. The van der Waals surface area contributed by atoms with Gasteiger partial charge in [0.05, 0.1) is 10.5 Å². The van der Waals surface area contributed by atoms with Crippen LogP contribution in [0.2, 0.25) is 0 Å². The van der Waals surface area contributed by atoms with E-state index in [2.05, 4.69) is 10.6 Å². The van der Waals surface area contributed by atoms with Gasteiger partial charge in [-0.3, -0.25) is 19.7 Å². The zero-order valence-corrected chi connectivity index (χ0v) is 13.7. The molecule has 2 N–H and O–H groups in total. The fourth-order valence-electron chi connectivity index (χ4n) is 1.98.